The summed E-state index contributed by atoms with van der Waals surface area (Å²) in [6.45, 7) is 9.34. The number of esters is 1. The zero-order valence-electron chi connectivity index (χ0n) is 23.3. The van der Waals surface area contributed by atoms with Crippen molar-refractivity contribution in [1.29, 1.82) is 0 Å². The Bertz CT molecular complexity index is 1480. The highest BCUT2D eigenvalue weighted by Crippen LogP contribution is 2.52. The lowest BCUT2D eigenvalue weighted by Crippen LogP contribution is -2.47. The van der Waals surface area contributed by atoms with E-state index in [2.05, 4.69) is 53.1 Å². The average Bonchev–Trinajstić information content (AvgIpc) is 3.54. The number of anilines is 4. The Labute approximate surface area is 240 Å². The van der Waals surface area contributed by atoms with Gasteiger partial charge in [-0.2, -0.15) is 4.98 Å². The molecule has 2 atom stereocenters. The van der Waals surface area contributed by atoms with E-state index < -0.39 is 5.60 Å². The predicted molar refractivity (Wildman–Crippen MR) is 157 cm³/mol. The standard InChI is InChI=1S/C31H35ClN6O2/c1-19(2)37-11-8-20(17-37)24-13-22(12-21-16-36(3)10-9-23(21)24)34-30-33-15-26(32)29(35-30)38-18-31(14-28(39)40-31)25-6-4-5-7-27(25)38/h4-7,12-13,15,19-20H,8-11,14,16-18H2,1-3H3,(H,33,34,35). The number of nitrogens with zero attached hydrogens (tertiary/aromatic N) is 5. The lowest BCUT2D eigenvalue weighted by Gasteiger charge is -2.37. The van der Waals surface area contributed by atoms with Gasteiger partial charge in [0.25, 0.3) is 0 Å². The molecule has 0 saturated carbocycles. The Balaban J connectivity index is 1.21. The van der Waals surface area contributed by atoms with Crippen molar-refractivity contribution >= 4 is 40.7 Å². The summed E-state index contributed by atoms with van der Waals surface area (Å²) >= 11 is 6.68. The number of likely N-dealkylation sites (N-methyl/N-ethyl adjacent to an activating group) is 1. The van der Waals surface area contributed by atoms with Crippen LogP contribution in [0.4, 0.5) is 23.1 Å². The molecule has 40 heavy (non-hydrogen) atoms. The Morgan fingerprint density at radius 1 is 1.20 bits per heavy atom. The number of ether oxygens (including phenoxy) is 1. The van der Waals surface area contributed by atoms with Gasteiger partial charge in [-0.15, -0.1) is 0 Å². The number of rotatable bonds is 5. The van der Waals surface area contributed by atoms with Gasteiger partial charge < -0.3 is 24.8 Å². The van der Waals surface area contributed by atoms with Gasteiger partial charge in [0.05, 0.1) is 19.2 Å². The number of carbonyl (C=O) groups is 1. The molecule has 0 bridgehead atoms. The Hall–Kier alpha value is -3.20. The molecule has 3 aromatic rings. The number of fused-ring (bicyclic) bond motifs is 3. The van der Waals surface area contributed by atoms with Crippen molar-refractivity contribution in [2.45, 2.75) is 57.2 Å². The number of nitrogens with one attached hydrogen (secondary N) is 1. The minimum Gasteiger partial charge on any atom is -0.451 e. The maximum Gasteiger partial charge on any atom is 0.311 e. The summed E-state index contributed by atoms with van der Waals surface area (Å²) in [6.07, 6.45) is 4.28. The van der Waals surface area contributed by atoms with Crippen LogP contribution in [-0.2, 0) is 28.1 Å². The molecule has 9 heteroatoms. The molecule has 2 unspecified atom stereocenters. The van der Waals surface area contributed by atoms with Crippen molar-refractivity contribution in [1.82, 2.24) is 19.8 Å². The molecular formula is C31H35ClN6O2. The SMILES string of the molecule is CC(C)N1CCC(c2cc(Nc3ncc(Cl)c(N4CC5(CC(=O)O5)c5ccccc54)n3)cc3c2CCN(C)C3)C1. The number of para-hydroxylation sites is 1. The predicted octanol–water partition coefficient (Wildman–Crippen LogP) is 5.35. The van der Waals surface area contributed by atoms with E-state index >= 15 is 0 Å². The number of aromatic nitrogens is 2. The van der Waals surface area contributed by atoms with Gasteiger partial charge in [0.15, 0.2) is 11.4 Å². The molecule has 4 aliphatic heterocycles. The van der Waals surface area contributed by atoms with Crippen LogP contribution in [-0.4, -0.2) is 65.0 Å². The number of likely N-dealkylation sites (tertiary alicyclic amines) is 1. The first-order valence-corrected chi connectivity index (χ1v) is 14.6. The lowest BCUT2D eigenvalue weighted by molar-refractivity contribution is -0.190. The summed E-state index contributed by atoms with van der Waals surface area (Å²) in [5, 5.41) is 3.97. The van der Waals surface area contributed by atoms with Crippen LogP contribution in [0.2, 0.25) is 5.02 Å². The smallest absolute Gasteiger partial charge is 0.311 e. The molecule has 4 aliphatic rings. The number of halogens is 1. The first-order valence-electron chi connectivity index (χ1n) is 14.3. The second-order valence-electron chi connectivity index (χ2n) is 12.0. The van der Waals surface area contributed by atoms with Crippen molar-refractivity contribution in [3.8, 4) is 0 Å². The van der Waals surface area contributed by atoms with Crippen LogP contribution < -0.4 is 10.2 Å². The van der Waals surface area contributed by atoms with Crippen molar-refractivity contribution in [3.05, 3.63) is 69.9 Å². The molecule has 0 radical (unpaired) electrons. The van der Waals surface area contributed by atoms with E-state index in [1.807, 2.05) is 29.2 Å². The molecule has 0 aliphatic carbocycles. The minimum atomic E-state index is -0.639. The fraction of sp³-hybridized carbons (Fsp3) is 0.452. The summed E-state index contributed by atoms with van der Waals surface area (Å²) in [4.78, 5) is 28.3. The van der Waals surface area contributed by atoms with Crippen LogP contribution >= 0.6 is 11.6 Å². The van der Waals surface area contributed by atoms with Crippen LogP contribution in [0.25, 0.3) is 0 Å². The number of benzene rings is 2. The molecule has 7 rings (SSSR count). The van der Waals surface area contributed by atoms with Gasteiger partial charge in [0.1, 0.15) is 5.02 Å². The third kappa shape index (κ3) is 4.33. The van der Waals surface area contributed by atoms with Crippen LogP contribution in [0.5, 0.6) is 0 Å². The molecule has 2 fully saturated rings. The zero-order chi connectivity index (χ0) is 27.6. The second kappa shape index (κ2) is 9.72. The molecule has 2 aromatic carbocycles. The maximum atomic E-state index is 11.8. The Kier molecular flexibility index (Phi) is 6.25. The Morgan fingerprint density at radius 2 is 2.02 bits per heavy atom. The second-order valence-corrected chi connectivity index (χ2v) is 12.4. The van der Waals surface area contributed by atoms with E-state index in [0.717, 1.165) is 49.5 Å². The minimum absolute atomic E-state index is 0.180. The van der Waals surface area contributed by atoms with E-state index in [-0.39, 0.29) is 5.97 Å². The fourth-order valence-corrected chi connectivity index (χ4v) is 7.14. The Morgan fingerprint density at radius 3 is 2.80 bits per heavy atom. The molecule has 208 valence electrons. The summed E-state index contributed by atoms with van der Waals surface area (Å²) < 4.78 is 5.69. The molecule has 0 amide bonds. The third-order valence-corrected chi connectivity index (χ3v) is 9.29. The largest absolute Gasteiger partial charge is 0.451 e. The topological polar surface area (TPSA) is 73.8 Å². The highest BCUT2D eigenvalue weighted by molar-refractivity contribution is 6.33. The van der Waals surface area contributed by atoms with Crippen LogP contribution in [0.3, 0.4) is 0 Å². The highest BCUT2D eigenvalue weighted by Gasteiger charge is 2.55. The first kappa shape index (κ1) is 25.7. The number of hydrogen-bond donors (Lipinski definition) is 1. The first-order chi connectivity index (χ1) is 19.3. The molecule has 5 heterocycles. The van der Waals surface area contributed by atoms with Crippen molar-refractivity contribution in [3.63, 3.8) is 0 Å². The fourth-order valence-electron chi connectivity index (χ4n) is 6.95. The quantitative estimate of drug-likeness (QED) is 0.420. The molecular weight excluding hydrogens is 524 g/mol. The van der Waals surface area contributed by atoms with Crippen molar-refractivity contribution in [2.24, 2.45) is 0 Å². The summed E-state index contributed by atoms with van der Waals surface area (Å²) in [7, 11) is 2.19. The van der Waals surface area contributed by atoms with Gasteiger partial charge >= 0.3 is 5.97 Å². The zero-order valence-corrected chi connectivity index (χ0v) is 24.0. The third-order valence-electron chi connectivity index (χ3n) is 9.03. The number of hydrogen-bond acceptors (Lipinski definition) is 8. The van der Waals surface area contributed by atoms with E-state index in [9.17, 15) is 4.79 Å². The normalized spacial score (nSPS) is 24.3. The van der Waals surface area contributed by atoms with Gasteiger partial charge in [-0.05, 0) is 81.1 Å². The van der Waals surface area contributed by atoms with Crippen LogP contribution in [0.15, 0.2) is 42.6 Å². The summed E-state index contributed by atoms with van der Waals surface area (Å²) in [5.74, 6) is 1.45. The van der Waals surface area contributed by atoms with Crippen LogP contribution in [0, 0.1) is 0 Å². The monoisotopic (exact) mass is 558 g/mol. The molecule has 2 saturated heterocycles. The van der Waals surface area contributed by atoms with Crippen molar-refractivity contribution in [2.75, 3.05) is 43.4 Å². The maximum absolute atomic E-state index is 11.8. The molecule has 1 N–H and O–H groups in total. The average molecular weight is 559 g/mol. The molecule has 1 spiro atoms. The molecule has 1 aromatic heterocycles. The van der Waals surface area contributed by atoms with Gasteiger partial charge in [-0.1, -0.05) is 29.8 Å². The molecule has 8 nitrogen and oxygen atoms in total. The van der Waals surface area contributed by atoms with Crippen molar-refractivity contribution < 1.29 is 9.53 Å². The summed E-state index contributed by atoms with van der Waals surface area (Å²) in [5.41, 5.74) is 6.68. The van der Waals surface area contributed by atoms with Gasteiger partial charge in [-0.3, -0.25) is 4.79 Å². The lowest BCUT2D eigenvalue weighted by atomic mass is 9.86. The van der Waals surface area contributed by atoms with E-state index in [1.165, 1.54) is 23.1 Å². The van der Waals surface area contributed by atoms with Gasteiger partial charge in [0, 0.05) is 42.6 Å². The highest BCUT2D eigenvalue weighted by atomic mass is 35.5. The van der Waals surface area contributed by atoms with Crippen LogP contribution in [0.1, 0.15) is 54.9 Å². The van der Waals surface area contributed by atoms with E-state index in [4.69, 9.17) is 21.3 Å². The van der Waals surface area contributed by atoms with Gasteiger partial charge in [0.2, 0.25) is 5.95 Å². The van der Waals surface area contributed by atoms with Gasteiger partial charge in [-0.25, -0.2) is 4.98 Å². The van der Waals surface area contributed by atoms with E-state index in [0.29, 0.717) is 41.7 Å². The van der Waals surface area contributed by atoms with E-state index in [1.54, 1.807) is 6.20 Å². The summed E-state index contributed by atoms with van der Waals surface area (Å²) in [6, 6.07) is 13.1. The number of carbonyl (C=O) groups excluding carboxylic acids is 1.